The molecule has 6 nitrogen and oxygen atoms in total. The Labute approximate surface area is 129 Å². The van der Waals surface area contributed by atoms with Crippen molar-refractivity contribution in [1.29, 1.82) is 0 Å². The standard InChI is InChI=1S/C16H22N4O2/c1-3-11(4-2)15(21)17-7-8-18-16(22)12-5-6-13-14(9-12)20-10-19-13/h5-6,9-11H,3-4,7-8H2,1-2H3,(H,17,21)(H,18,22)(H,19,20). The molecule has 0 unspecified atom stereocenters. The number of carbonyl (C=O) groups is 2. The van der Waals surface area contributed by atoms with Gasteiger partial charge in [0.25, 0.3) is 5.91 Å². The number of nitrogens with zero attached hydrogens (tertiary/aromatic N) is 1. The minimum Gasteiger partial charge on any atom is -0.354 e. The van der Waals surface area contributed by atoms with Crippen LogP contribution in [0.3, 0.4) is 0 Å². The molecule has 2 rings (SSSR count). The molecule has 0 aliphatic carbocycles. The van der Waals surface area contributed by atoms with Crippen molar-refractivity contribution in [3.63, 3.8) is 0 Å². The molecule has 0 radical (unpaired) electrons. The number of H-pyrrole nitrogens is 1. The topological polar surface area (TPSA) is 86.9 Å². The number of hydrogen-bond acceptors (Lipinski definition) is 3. The van der Waals surface area contributed by atoms with Crippen LogP contribution in [0.15, 0.2) is 24.5 Å². The number of rotatable bonds is 7. The summed E-state index contributed by atoms with van der Waals surface area (Å²) in [6, 6.07) is 5.30. The molecule has 1 aromatic carbocycles. The minimum atomic E-state index is -0.159. The van der Waals surface area contributed by atoms with E-state index in [1.54, 1.807) is 24.5 Å². The molecule has 6 heteroatoms. The molecule has 0 aliphatic rings. The van der Waals surface area contributed by atoms with E-state index in [1.165, 1.54) is 0 Å². The summed E-state index contributed by atoms with van der Waals surface area (Å²) < 4.78 is 0. The van der Waals surface area contributed by atoms with Crippen LogP contribution in [0, 0.1) is 5.92 Å². The maximum absolute atomic E-state index is 12.0. The molecule has 118 valence electrons. The lowest BCUT2D eigenvalue weighted by Gasteiger charge is -2.13. The normalized spacial score (nSPS) is 10.9. The van der Waals surface area contributed by atoms with E-state index in [0.717, 1.165) is 23.9 Å². The van der Waals surface area contributed by atoms with Crippen LogP contribution < -0.4 is 10.6 Å². The smallest absolute Gasteiger partial charge is 0.251 e. The number of imidazole rings is 1. The van der Waals surface area contributed by atoms with Gasteiger partial charge in [-0.2, -0.15) is 0 Å². The number of nitrogens with one attached hydrogen (secondary N) is 3. The lowest BCUT2D eigenvalue weighted by Crippen LogP contribution is -2.37. The van der Waals surface area contributed by atoms with E-state index in [0.29, 0.717) is 18.7 Å². The van der Waals surface area contributed by atoms with Gasteiger partial charge in [-0.05, 0) is 31.0 Å². The molecular formula is C16H22N4O2. The SMILES string of the molecule is CCC(CC)C(=O)NCCNC(=O)c1ccc2nc[nH]c2c1. The molecule has 1 aromatic heterocycles. The summed E-state index contributed by atoms with van der Waals surface area (Å²) in [5, 5.41) is 5.65. The van der Waals surface area contributed by atoms with Crippen LogP contribution in [-0.2, 0) is 4.79 Å². The largest absolute Gasteiger partial charge is 0.354 e. The van der Waals surface area contributed by atoms with Gasteiger partial charge < -0.3 is 15.6 Å². The van der Waals surface area contributed by atoms with Crippen molar-refractivity contribution in [2.24, 2.45) is 5.92 Å². The number of aromatic amines is 1. The number of amides is 2. The molecule has 2 amide bonds. The number of aromatic nitrogens is 2. The molecule has 0 bridgehead atoms. The van der Waals surface area contributed by atoms with Crippen molar-refractivity contribution in [1.82, 2.24) is 20.6 Å². The first-order chi connectivity index (χ1) is 10.7. The molecule has 2 aromatic rings. The predicted molar refractivity (Wildman–Crippen MR) is 85.5 cm³/mol. The summed E-state index contributed by atoms with van der Waals surface area (Å²) in [6.07, 6.45) is 3.26. The van der Waals surface area contributed by atoms with Crippen LogP contribution in [0.5, 0.6) is 0 Å². The van der Waals surface area contributed by atoms with Crippen molar-refractivity contribution in [3.05, 3.63) is 30.1 Å². The fourth-order valence-electron chi connectivity index (χ4n) is 2.34. The van der Waals surface area contributed by atoms with E-state index in [9.17, 15) is 9.59 Å². The maximum atomic E-state index is 12.0. The van der Waals surface area contributed by atoms with Crippen molar-refractivity contribution in [3.8, 4) is 0 Å². The van der Waals surface area contributed by atoms with Crippen LogP contribution >= 0.6 is 0 Å². The van der Waals surface area contributed by atoms with Gasteiger partial charge in [0.05, 0.1) is 17.4 Å². The second-order valence-electron chi connectivity index (χ2n) is 5.19. The highest BCUT2D eigenvalue weighted by atomic mass is 16.2. The van der Waals surface area contributed by atoms with Crippen LogP contribution in [0.4, 0.5) is 0 Å². The molecule has 3 N–H and O–H groups in total. The highest BCUT2D eigenvalue weighted by molar-refractivity contribution is 5.97. The molecule has 0 fully saturated rings. The van der Waals surface area contributed by atoms with Crippen LogP contribution in [-0.4, -0.2) is 34.9 Å². The van der Waals surface area contributed by atoms with Crippen molar-refractivity contribution < 1.29 is 9.59 Å². The Kier molecular flexibility index (Phi) is 5.52. The molecule has 0 saturated carbocycles. The Balaban J connectivity index is 1.79. The fourth-order valence-corrected chi connectivity index (χ4v) is 2.34. The van der Waals surface area contributed by atoms with Gasteiger partial charge >= 0.3 is 0 Å². The average molecular weight is 302 g/mol. The maximum Gasteiger partial charge on any atom is 0.251 e. The highest BCUT2D eigenvalue weighted by Gasteiger charge is 2.13. The second kappa shape index (κ2) is 7.59. The summed E-state index contributed by atoms with van der Waals surface area (Å²) in [5.74, 6) is -0.0510. The number of carbonyl (C=O) groups excluding carboxylic acids is 2. The van der Waals surface area contributed by atoms with E-state index in [2.05, 4.69) is 20.6 Å². The molecule has 0 aliphatic heterocycles. The van der Waals surface area contributed by atoms with Gasteiger partial charge in [0.2, 0.25) is 5.91 Å². The number of benzene rings is 1. The third-order valence-corrected chi connectivity index (χ3v) is 3.75. The predicted octanol–water partition coefficient (Wildman–Crippen LogP) is 1.85. The van der Waals surface area contributed by atoms with Crippen LogP contribution in [0.1, 0.15) is 37.0 Å². The fraction of sp³-hybridized carbons (Fsp3) is 0.438. The first-order valence-electron chi connectivity index (χ1n) is 7.64. The van der Waals surface area contributed by atoms with Gasteiger partial charge in [-0.25, -0.2) is 4.98 Å². The first kappa shape index (κ1) is 16.0. The zero-order valence-corrected chi connectivity index (χ0v) is 13.0. The van der Waals surface area contributed by atoms with Crippen LogP contribution in [0.2, 0.25) is 0 Å². The Hall–Kier alpha value is -2.37. The number of fused-ring (bicyclic) bond motifs is 1. The summed E-state index contributed by atoms with van der Waals surface area (Å²) >= 11 is 0. The highest BCUT2D eigenvalue weighted by Crippen LogP contribution is 2.11. The Morgan fingerprint density at radius 1 is 1.18 bits per heavy atom. The van der Waals surface area contributed by atoms with E-state index in [1.807, 2.05) is 13.8 Å². The zero-order chi connectivity index (χ0) is 15.9. The van der Waals surface area contributed by atoms with Gasteiger partial charge in [-0.15, -0.1) is 0 Å². The van der Waals surface area contributed by atoms with Crippen LogP contribution in [0.25, 0.3) is 11.0 Å². The molecular weight excluding hydrogens is 280 g/mol. The van der Waals surface area contributed by atoms with E-state index < -0.39 is 0 Å². The summed E-state index contributed by atoms with van der Waals surface area (Å²) in [6.45, 7) is 4.85. The van der Waals surface area contributed by atoms with E-state index in [-0.39, 0.29) is 17.7 Å². The third-order valence-electron chi connectivity index (χ3n) is 3.75. The van der Waals surface area contributed by atoms with E-state index in [4.69, 9.17) is 0 Å². The van der Waals surface area contributed by atoms with Crippen molar-refractivity contribution >= 4 is 22.8 Å². The second-order valence-corrected chi connectivity index (χ2v) is 5.19. The lowest BCUT2D eigenvalue weighted by molar-refractivity contribution is -0.125. The molecule has 0 spiro atoms. The summed E-state index contributed by atoms with van der Waals surface area (Å²) in [4.78, 5) is 30.9. The Bertz CT molecular complexity index is 646. The third kappa shape index (κ3) is 3.84. The Morgan fingerprint density at radius 3 is 2.64 bits per heavy atom. The van der Waals surface area contributed by atoms with Gasteiger partial charge in [-0.3, -0.25) is 9.59 Å². The van der Waals surface area contributed by atoms with Crippen molar-refractivity contribution in [2.75, 3.05) is 13.1 Å². The van der Waals surface area contributed by atoms with Gasteiger partial charge in [0.15, 0.2) is 0 Å². The van der Waals surface area contributed by atoms with Gasteiger partial charge in [-0.1, -0.05) is 13.8 Å². The quantitative estimate of drug-likeness (QED) is 0.682. The number of hydrogen-bond donors (Lipinski definition) is 3. The molecule has 1 heterocycles. The lowest BCUT2D eigenvalue weighted by atomic mass is 10.0. The monoisotopic (exact) mass is 302 g/mol. The molecule has 0 atom stereocenters. The average Bonchev–Trinajstić information content (AvgIpc) is 3.00. The van der Waals surface area contributed by atoms with Gasteiger partial charge in [0.1, 0.15) is 0 Å². The van der Waals surface area contributed by atoms with Gasteiger partial charge in [0, 0.05) is 24.6 Å². The Morgan fingerprint density at radius 2 is 1.91 bits per heavy atom. The summed E-state index contributed by atoms with van der Waals surface area (Å²) in [7, 11) is 0. The summed E-state index contributed by atoms with van der Waals surface area (Å²) in [5.41, 5.74) is 2.23. The molecule has 22 heavy (non-hydrogen) atoms. The van der Waals surface area contributed by atoms with Crippen molar-refractivity contribution in [2.45, 2.75) is 26.7 Å². The van der Waals surface area contributed by atoms with E-state index >= 15 is 0 Å². The minimum absolute atomic E-state index is 0.0538. The first-order valence-corrected chi connectivity index (χ1v) is 7.64. The zero-order valence-electron chi connectivity index (χ0n) is 13.0. The molecule has 0 saturated heterocycles.